The van der Waals surface area contributed by atoms with Gasteiger partial charge in [-0.2, -0.15) is 0 Å². The van der Waals surface area contributed by atoms with E-state index in [1.807, 2.05) is 0 Å². The summed E-state index contributed by atoms with van der Waals surface area (Å²) in [6, 6.07) is 11.2. The van der Waals surface area contributed by atoms with E-state index in [0.29, 0.717) is 11.5 Å². The molecule has 8 nitrogen and oxygen atoms in total. The summed E-state index contributed by atoms with van der Waals surface area (Å²) in [6.45, 7) is -0.391. The van der Waals surface area contributed by atoms with Crippen LogP contribution in [0.5, 0.6) is 23.0 Å². The average molecular weight is 346 g/mol. The second-order valence-electron chi connectivity index (χ2n) is 4.95. The summed E-state index contributed by atoms with van der Waals surface area (Å²) in [6.07, 6.45) is 0. The van der Waals surface area contributed by atoms with Crippen molar-refractivity contribution in [1.82, 2.24) is 0 Å². The monoisotopic (exact) mass is 346 g/mol. The molecule has 0 saturated carbocycles. The van der Waals surface area contributed by atoms with E-state index in [9.17, 15) is 15.1 Å². The number of oxime groups is 1. The van der Waals surface area contributed by atoms with Crippen LogP contribution in [0.15, 0.2) is 47.6 Å². The number of phenols is 1. The SMILES string of the molecule is COc1cccc(OCC(=NO)c2ccc(OCC(N)=O)cc2O)c1. The summed E-state index contributed by atoms with van der Waals surface area (Å²) >= 11 is 0. The smallest absolute Gasteiger partial charge is 0.255 e. The normalized spacial score (nSPS) is 11.0. The van der Waals surface area contributed by atoms with Crippen molar-refractivity contribution >= 4 is 11.6 Å². The Balaban J connectivity index is 2.08. The molecule has 0 aromatic heterocycles. The Hall–Kier alpha value is -3.42. The molecule has 0 heterocycles. The minimum absolute atomic E-state index is 0.0846. The Labute approximate surface area is 144 Å². The predicted octanol–water partition coefficient (Wildman–Crippen LogP) is 1.52. The fourth-order valence-electron chi connectivity index (χ4n) is 2.00. The Morgan fingerprint density at radius 2 is 1.76 bits per heavy atom. The number of amides is 1. The molecule has 132 valence electrons. The van der Waals surface area contributed by atoms with E-state index < -0.39 is 5.91 Å². The summed E-state index contributed by atoms with van der Waals surface area (Å²) in [5.74, 6) is 0.572. The van der Waals surface area contributed by atoms with Gasteiger partial charge >= 0.3 is 0 Å². The highest BCUT2D eigenvalue weighted by Gasteiger charge is 2.13. The number of primary amides is 1. The number of methoxy groups -OCH3 is 1. The lowest BCUT2D eigenvalue weighted by Gasteiger charge is -2.11. The molecule has 0 fully saturated rings. The highest BCUT2D eigenvalue weighted by atomic mass is 16.5. The molecule has 25 heavy (non-hydrogen) atoms. The summed E-state index contributed by atoms with van der Waals surface area (Å²) in [5.41, 5.74) is 5.36. The lowest BCUT2D eigenvalue weighted by atomic mass is 10.1. The molecule has 1 amide bonds. The van der Waals surface area contributed by atoms with Crippen molar-refractivity contribution in [3.8, 4) is 23.0 Å². The van der Waals surface area contributed by atoms with Crippen LogP contribution in [0.25, 0.3) is 0 Å². The summed E-state index contributed by atoms with van der Waals surface area (Å²) < 4.78 is 15.7. The van der Waals surface area contributed by atoms with E-state index in [4.69, 9.17) is 19.9 Å². The first kappa shape index (κ1) is 17.9. The van der Waals surface area contributed by atoms with Crippen molar-refractivity contribution in [2.75, 3.05) is 20.3 Å². The third kappa shape index (κ3) is 5.03. The third-order valence-corrected chi connectivity index (χ3v) is 3.20. The predicted molar refractivity (Wildman–Crippen MR) is 89.6 cm³/mol. The quantitative estimate of drug-likeness (QED) is 0.378. The maximum Gasteiger partial charge on any atom is 0.255 e. The zero-order valence-electron chi connectivity index (χ0n) is 13.5. The number of benzene rings is 2. The number of ether oxygens (including phenoxy) is 3. The Morgan fingerprint density at radius 1 is 1.08 bits per heavy atom. The van der Waals surface area contributed by atoms with Crippen LogP contribution in [-0.2, 0) is 4.79 Å². The van der Waals surface area contributed by atoms with Crippen LogP contribution in [-0.4, -0.2) is 42.3 Å². The van der Waals surface area contributed by atoms with Crippen molar-refractivity contribution in [2.45, 2.75) is 0 Å². The lowest BCUT2D eigenvalue weighted by molar-refractivity contribution is -0.119. The van der Waals surface area contributed by atoms with Gasteiger partial charge in [0.25, 0.3) is 5.91 Å². The molecule has 4 N–H and O–H groups in total. The molecule has 8 heteroatoms. The van der Waals surface area contributed by atoms with Crippen LogP contribution in [0.3, 0.4) is 0 Å². The van der Waals surface area contributed by atoms with Gasteiger partial charge in [0.2, 0.25) is 0 Å². The van der Waals surface area contributed by atoms with Gasteiger partial charge in [-0.15, -0.1) is 0 Å². The first-order valence-corrected chi connectivity index (χ1v) is 7.25. The van der Waals surface area contributed by atoms with Crippen molar-refractivity contribution < 1.29 is 29.3 Å². The maximum absolute atomic E-state index is 10.7. The van der Waals surface area contributed by atoms with Gasteiger partial charge in [-0.25, -0.2) is 0 Å². The highest BCUT2D eigenvalue weighted by molar-refractivity contribution is 6.03. The molecule has 2 aromatic carbocycles. The zero-order chi connectivity index (χ0) is 18.2. The van der Waals surface area contributed by atoms with E-state index in [-0.39, 0.29) is 36.0 Å². The number of carbonyl (C=O) groups excluding carboxylic acids is 1. The molecule has 0 aliphatic rings. The van der Waals surface area contributed by atoms with Crippen LogP contribution in [0, 0.1) is 0 Å². The Bertz CT molecular complexity index is 775. The van der Waals surface area contributed by atoms with E-state index in [2.05, 4.69) is 5.16 Å². The second kappa shape index (κ2) is 8.44. The summed E-state index contributed by atoms with van der Waals surface area (Å²) in [7, 11) is 1.54. The number of aromatic hydroxyl groups is 1. The maximum atomic E-state index is 10.7. The standard InChI is InChI=1S/C17H18N2O6/c1-23-11-3-2-4-12(7-11)24-9-15(19-22)14-6-5-13(8-16(14)20)25-10-17(18)21/h2-8,20,22H,9-10H2,1H3,(H2,18,21). The minimum atomic E-state index is -0.632. The van der Waals surface area contributed by atoms with Crippen LogP contribution in [0.4, 0.5) is 0 Å². The van der Waals surface area contributed by atoms with E-state index in [0.717, 1.165) is 0 Å². The first-order chi connectivity index (χ1) is 12.0. The summed E-state index contributed by atoms with van der Waals surface area (Å²) in [5, 5.41) is 22.4. The van der Waals surface area contributed by atoms with Gasteiger partial charge in [-0.3, -0.25) is 4.79 Å². The van der Waals surface area contributed by atoms with E-state index in [1.165, 1.54) is 18.2 Å². The molecule has 0 radical (unpaired) electrons. The average Bonchev–Trinajstić information content (AvgIpc) is 2.62. The molecule has 2 rings (SSSR count). The molecule has 0 unspecified atom stereocenters. The van der Waals surface area contributed by atoms with Crippen molar-refractivity contribution in [1.29, 1.82) is 0 Å². The van der Waals surface area contributed by atoms with Gasteiger partial charge < -0.3 is 30.3 Å². The molecule has 0 bridgehead atoms. The number of nitrogens with zero attached hydrogens (tertiary/aromatic N) is 1. The molecule has 0 spiro atoms. The molecular weight excluding hydrogens is 328 g/mol. The van der Waals surface area contributed by atoms with Crippen LogP contribution in [0.2, 0.25) is 0 Å². The van der Waals surface area contributed by atoms with Crippen molar-refractivity contribution in [3.63, 3.8) is 0 Å². The van der Waals surface area contributed by atoms with Gasteiger partial charge in [-0.1, -0.05) is 11.2 Å². The zero-order valence-corrected chi connectivity index (χ0v) is 13.5. The van der Waals surface area contributed by atoms with Gasteiger partial charge in [0.15, 0.2) is 6.61 Å². The van der Waals surface area contributed by atoms with Gasteiger partial charge in [0.1, 0.15) is 35.3 Å². The van der Waals surface area contributed by atoms with Crippen LogP contribution in [0.1, 0.15) is 5.56 Å². The minimum Gasteiger partial charge on any atom is -0.507 e. The van der Waals surface area contributed by atoms with Gasteiger partial charge in [-0.05, 0) is 24.3 Å². The van der Waals surface area contributed by atoms with E-state index >= 15 is 0 Å². The van der Waals surface area contributed by atoms with Gasteiger partial charge in [0.05, 0.1) is 7.11 Å². The first-order valence-electron chi connectivity index (χ1n) is 7.25. The van der Waals surface area contributed by atoms with Crippen molar-refractivity contribution in [2.24, 2.45) is 10.9 Å². The second-order valence-corrected chi connectivity index (χ2v) is 4.95. The highest BCUT2D eigenvalue weighted by Crippen LogP contribution is 2.25. The Kier molecular flexibility index (Phi) is 6.05. The number of carbonyl (C=O) groups is 1. The molecule has 0 saturated heterocycles. The number of hydrogen-bond acceptors (Lipinski definition) is 7. The molecular formula is C17H18N2O6. The summed E-state index contributed by atoms with van der Waals surface area (Å²) in [4.78, 5) is 10.7. The lowest BCUT2D eigenvalue weighted by Crippen LogP contribution is -2.20. The number of rotatable bonds is 8. The number of phenolic OH excluding ortho intramolecular Hbond substituents is 1. The largest absolute Gasteiger partial charge is 0.507 e. The fraction of sp³-hybridized carbons (Fsp3) is 0.176. The third-order valence-electron chi connectivity index (χ3n) is 3.20. The molecule has 2 aromatic rings. The Morgan fingerprint density at radius 3 is 2.40 bits per heavy atom. The number of hydrogen-bond donors (Lipinski definition) is 3. The van der Waals surface area contributed by atoms with Crippen LogP contribution >= 0.6 is 0 Å². The fourth-order valence-corrected chi connectivity index (χ4v) is 2.00. The van der Waals surface area contributed by atoms with Crippen molar-refractivity contribution in [3.05, 3.63) is 48.0 Å². The van der Waals surface area contributed by atoms with Gasteiger partial charge in [0, 0.05) is 17.7 Å². The molecule has 0 atom stereocenters. The number of nitrogens with two attached hydrogens (primary N) is 1. The topological polar surface area (TPSA) is 124 Å². The van der Waals surface area contributed by atoms with Crippen LogP contribution < -0.4 is 19.9 Å². The van der Waals surface area contributed by atoms with E-state index in [1.54, 1.807) is 31.4 Å². The molecule has 0 aliphatic heterocycles. The molecule has 0 aliphatic carbocycles.